The van der Waals surface area contributed by atoms with E-state index in [1.54, 1.807) is 35.1 Å². The first-order valence-corrected chi connectivity index (χ1v) is 9.37. The van der Waals surface area contributed by atoms with Crippen molar-refractivity contribution in [2.45, 2.75) is 13.5 Å². The lowest BCUT2D eigenvalue weighted by molar-refractivity contribution is 0.102. The summed E-state index contributed by atoms with van der Waals surface area (Å²) in [5.74, 6) is -0.251. The molecule has 1 aromatic heterocycles. The normalized spacial score (nSPS) is 10.7. The smallest absolute Gasteiger partial charge is 0.259 e. The third-order valence-corrected chi connectivity index (χ3v) is 4.64. The van der Waals surface area contributed by atoms with Crippen LogP contribution in [0.2, 0.25) is 0 Å². The van der Waals surface area contributed by atoms with Gasteiger partial charge in [0.05, 0.1) is 17.9 Å². The molecule has 3 aromatic carbocycles. The Bertz CT molecular complexity index is 1150. The van der Waals surface area contributed by atoms with Gasteiger partial charge in [-0.1, -0.05) is 54.1 Å². The summed E-state index contributed by atoms with van der Waals surface area (Å²) in [6.45, 7) is 1.93. The highest BCUT2D eigenvalue weighted by Gasteiger charge is 2.19. The fourth-order valence-electron chi connectivity index (χ4n) is 3.20. The van der Waals surface area contributed by atoms with Gasteiger partial charge < -0.3 is 10.4 Å². The van der Waals surface area contributed by atoms with Crippen molar-refractivity contribution in [1.82, 2.24) is 9.78 Å². The number of hydrogen-bond acceptors (Lipinski definition) is 3. The van der Waals surface area contributed by atoms with Crippen LogP contribution in [0.1, 0.15) is 21.5 Å². The van der Waals surface area contributed by atoms with Crippen molar-refractivity contribution in [3.8, 4) is 16.9 Å². The van der Waals surface area contributed by atoms with E-state index in [9.17, 15) is 9.90 Å². The number of rotatable bonds is 5. The lowest BCUT2D eigenvalue weighted by atomic mass is 10.1. The molecule has 0 aliphatic heterocycles. The van der Waals surface area contributed by atoms with Crippen molar-refractivity contribution in [3.63, 3.8) is 0 Å². The summed E-state index contributed by atoms with van der Waals surface area (Å²) in [5, 5.41) is 17.0. The van der Waals surface area contributed by atoms with Crippen molar-refractivity contribution in [2.24, 2.45) is 0 Å². The van der Waals surface area contributed by atoms with E-state index in [1.807, 2.05) is 61.5 Å². The number of aliphatic hydroxyl groups excluding tert-OH is 1. The van der Waals surface area contributed by atoms with Gasteiger partial charge in [0.25, 0.3) is 5.91 Å². The van der Waals surface area contributed by atoms with E-state index in [4.69, 9.17) is 5.10 Å². The van der Waals surface area contributed by atoms with E-state index < -0.39 is 0 Å². The largest absolute Gasteiger partial charge is 0.392 e. The fraction of sp³-hybridized carbons (Fsp3) is 0.0833. The van der Waals surface area contributed by atoms with Crippen LogP contribution < -0.4 is 5.32 Å². The molecule has 2 N–H and O–H groups in total. The molecule has 0 atom stereocenters. The molecule has 1 heterocycles. The first kappa shape index (κ1) is 18.7. The molecule has 4 rings (SSSR count). The summed E-state index contributed by atoms with van der Waals surface area (Å²) in [4.78, 5) is 13.1. The second-order valence-electron chi connectivity index (χ2n) is 6.85. The van der Waals surface area contributed by atoms with Crippen LogP contribution in [0.15, 0.2) is 85.1 Å². The lowest BCUT2D eigenvalue weighted by Crippen LogP contribution is -2.12. The Morgan fingerprint density at radius 3 is 2.55 bits per heavy atom. The SMILES string of the molecule is Cc1cccc(-c2nn(-c3ccccc3)cc2C(=O)Nc2cccc(CO)c2)c1. The molecule has 4 aromatic rings. The monoisotopic (exact) mass is 383 g/mol. The van der Waals surface area contributed by atoms with Gasteiger partial charge in [-0.05, 0) is 42.8 Å². The Balaban J connectivity index is 1.76. The first-order valence-electron chi connectivity index (χ1n) is 9.37. The van der Waals surface area contributed by atoms with Gasteiger partial charge >= 0.3 is 0 Å². The van der Waals surface area contributed by atoms with Crippen molar-refractivity contribution >= 4 is 11.6 Å². The van der Waals surface area contributed by atoms with Gasteiger partial charge in [-0.25, -0.2) is 4.68 Å². The van der Waals surface area contributed by atoms with Crippen molar-refractivity contribution in [1.29, 1.82) is 0 Å². The maximum absolute atomic E-state index is 13.1. The van der Waals surface area contributed by atoms with Crippen LogP contribution >= 0.6 is 0 Å². The molecule has 1 amide bonds. The number of carbonyl (C=O) groups is 1. The summed E-state index contributed by atoms with van der Waals surface area (Å²) in [7, 11) is 0. The van der Waals surface area contributed by atoms with E-state index >= 15 is 0 Å². The van der Waals surface area contributed by atoms with Gasteiger partial charge in [0, 0.05) is 17.4 Å². The average molecular weight is 383 g/mol. The highest BCUT2D eigenvalue weighted by atomic mass is 16.3. The Labute approximate surface area is 169 Å². The summed E-state index contributed by atoms with van der Waals surface area (Å²) in [5.41, 5.74) is 5.32. The van der Waals surface area contributed by atoms with E-state index in [0.717, 1.165) is 22.4 Å². The molecular weight excluding hydrogens is 362 g/mol. The molecule has 0 bridgehead atoms. The van der Waals surface area contributed by atoms with Crippen molar-refractivity contribution in [2.75, 3.05) is 5.32 Å². The Hall–Kier alpha value is -3.70. The molecule has 29 heavy (non-hydrogen) atoms. The molecule has 0 aliphatic rings. The zero-order valence-electron chi connectivity index (χ0n) is 16.0. The number of para-hydroxylation sites is 1. The maximum Gasteiger partial charge on any atom is 0.259 e. The van der Waals surface area contributed by atoms with Gasteiger partial charge in [-0.3, -0.25) is 4.79 Å². The van der Waals surface area contributed by atoms with Crippen molar-refractivity contribution in [3.05, 3.63) is 102 Å². The molecule has 0 saturated heterocycles. The molecule has 0 fully saturated rings. The predicted molar refractivity (Wildman–Crippen MR) is 114 cm³/mol. The average Bonchev–Trinajstić information content (AvgIpc) is 3.20. The van der Waals surface area contributed by atoms with E-state index in [2.05, 4.69) is 5.32 Å². The number of carbonyl (C=O) groups excluding carboxylic acids is 1. The van der Waals surface area contributed by atoms with Crippen LogP contribution in [0.5, 0.6) is 0 Å². The third kappa shape index (κ3) is 4.10. The maximum atomic E-state index is 13.1. The minimum atomic E-state index is -0.251. The van der Waals surface area contributed by atoms with E-state index in [1.165, 1.54) is 0 Å². The Morgan fingerprint density at radius 1 is 1.00 bits per heavy atom. The van der Waals surface area contributed by atoms with Crippen LogP contribution in [-0.4, -0.2) is 20.8 Å². The van der Waals surface area contributed by atoms with Gasteiger partial charge in [-0.2, -0.15) is 5.10 Å². The van der Waals surface area contributed by atoms with E-state index in [0.29, 0.717) is 16.9 Å². The molecule has 5 nitrogen and oxygen atoms in total. The van der Waals surface area contributed by atoms with Gasteiger partial charge in [0.2, 0.25) is 0 Å². The summed E-state index contributed by atoms with van der Waals surface area (Å²) >= 11 is 0. The number of anilines is 1. The number of hydrogen-bond donors (Lipinski definition) is 2. The first-order chi connectivity index (χ1) is 14.1. The second-order valence-corrected chi connectivity index (χ2v) is 6.85. The molecule has 144 valence electrons. The highest BCUT2D eigenvalue weighted by molar-refractivity contribution is 6.08. The minimum Gasteiger partial charge on any atom is -0.392 e. The Morgan fingerprint density at radius 2 is 1.79 bits per heavy atom. The third-order valence-electron chi connectivity index (χ3n) is 4.64. The van der Waals surface area contributed by atoms with Crippen molar-refractivity contribution < 1.29 is 9.90 Å². The molecular formula is C24H21N3O2. The van der Waals surface area contributed by atoms with Gasteiger partial charge in [-0.15, -0.1) is 0 Å². The molecule has 0 spiro atoms. The number of aryl methyl sites for hydroxylation is 1. The van der Waals surface area contributed by atoms with Gasteiger partial charge in [0.15, 0.2) is 0 Å². The molecule has 0 radical (unpaired) electrons. The molecule has 5 heteroatoms. The number of nitrogens with zero attached hydrogens (tertiary/aromatic N) is 2. The summed E-state index contributed by atoms with van der Waals surface area (Å²) in [6.07, 6.45) is 1.75. The predicted octanol–water partition coefficient (Wildman–Crippen LogP) is 4.59. The quantitative estimate of drug-likeness (QED) is 0.530. The number of amides is 1. The zero-order valence-corrected chi connectivity index (χ0v) is 16.0. The topological polar surface area (TPSA) is 67.2 Å². The van der Waals surface area contributed by atoms with Gasteiger partial charge in [0.1, 0.15) is 5.69 Å². The highest BCUT2D eigenvalue weighted by Crippen LogP contribution is 2.25. The fourth-order valence-corrected chi connectivity index (χ4v) is 3.20. The second kappa shape index (κ2) is 8.12. The minimum absolute atomic E-state index is 0.0792. The zero-order chi connectivity index (χ0) is 20.2. The number of aliphatic hydroxyl groups is 1. The van der Waals surface area contributed by atoms with E-state index in [-0.39, 0.29) is 12.5 Å². The number of aromatic nitrogens is 2. The number of nitrogens with one attached hydrogen (secondary N) is 1. The molecule has 0 aliphatic carbocycles. The standard InChI is InChI=1S/C24H21N3O2/c1-17-7-5-9-19(13-17)23-22(15-27(26-23)21-11-3-2-4-12-21)24(29)25-20-10-6-8-18(14-20)16-28/h2-15,28H,16H2,1H3,(H,25,29). The van der Waals surface area contributed by atoms with Crippen LogP contribution in [0.4, 0.5) is 5.69 Å². The van der Waals surface area contributed by atoms with Crippen LogP contribution in [0.25, 0.3) is 16.9 Å². The summed E-state index contributed by atoms with van der Waals surface area (Å²) in [6, 6.07) is 24.8. The summed E-state index contributed by atoms with van der Waals surface area (Å²) < 4.78 is 1.72. The number of benzene rings is 3. The Kier molecular flexibility index (Phi) is 5.22. The lowest BCUT2D eigenvalue weighted by Gasteiger charge is -2.07. The molecule has 0 saturated carbocycles. The molecule has 0 unspecified atom stereocenters. The van der Waals surface area contributed by atoms with Crippen LogP contribution in [0, 0.1) is 6.92 Å². The van der Waals surface area contributed by atoms with Crippen LogP contribution in [-0.2, 0) is 6.61 Å². The van der Waals surface area contributed by atoms with Crippen LogP contribution in [0.3, 0.4) is 0 Å².